The fourth-order valence-corrected chi connectivity index (χ4v) is 1.62. The van der Waals surface area contributed by atoms with E-state index >= 15 is 0 Å². The highest BCUT2D eigenvalue weighted by Gasteiger charge is 2.19. The van der Waals surface area contributed by atoms with Crippen LogP contribution in [-0.2, 0) is 10.2 Å². The molecule has 19 heavy (non-hydrogen) atoms. The van der Waals surface area contributed by atoms with Gasteiger partial charge < -0.3 is 9.15 Å². The fourth-order valence-electron chi connectivity index (χ4n) is 1.62. The van der Waals surface area contributed by atoms with Gasteiger partial charge in [0.2, 0.25) is 5.89 Å². The lowest BCUT2D eigenvalue weighted by atomic mass is 9.94. The number of aromatic nitrogens is 1. The van der Waals surface area contributed by atoms with E-state index in [0.717, 1.165) is 11.3 Å². The van der Waals surface area contributed by atoms with Crippen LogP contribution in [-0.4, -0.2) is 18.1 Å². The summed E-state index contributed by atoms with van der Waals surface area (Å²) in [5.41, 5.74) is 1.27. The number of hydrogen-bond donors (Lipinski definition) is 0. The third-order valence-electron chi connectivity index (χ3n) is 2.80. The van der Waals surface area contributed by atoms with Crippen LogP contribution in [0.25, 0.3) is 11.5 Å². The molecule has 2 aromatic rings. The molecule has 1 heterocycles. The van der Waals surface area contributed by atoms with Crippen LogP contribution in [0.15, 0.2) is 34.9 Å². The molecule has 100 valence electrons. The van der Waals surface area contributed by atoms with E-state index in [0.29, 0.717) is 11.5 Å². The normalized spacial score (nSPS) is 11.4. The van der Waals surface area contributed by atoms with Gasteiger partial charge in [0.15, 0.2) is 0 Å². The molecule has 0 spiro atoms. The maximum Gasteiger partial charge on any atom is 0.337 e. The number of oxazole rings is 1. The summed E-state index contributed by atoms with van der Waals surface area (Å²) in [6.45, 7) is 6.20. The van der Waals surface area contributed by atoms with E-state index < -0.39 is 0 Å². The number of methoxy groups -OCH3 is 1. The van der Waals surface area contributed by atoms with Crippen molar-refractivity contribution in [2.75, 3.05) is 7.11 Å². The van der Waals surface area contributed by atoms with Crippen molar-refractivity contribution in [3.05, 3.63) is 41.8 Å². The second-order valence-electron chi connectivity index (χ2n) is 5.35. The minimum absolute atomic E-state index is 0.0722. The minimum Gasteiger partial charge on any atom is -0.465 e. The zero-order valence-electron chi connectivity index (χ0n) is 11.6. The van der Waals surface area contributed by atoms with E-state index in [9.17, 15) is 4.79 Å². The van der Waals surface area contributed by atoms with Gasteiger partial charge in [0.05, 0.1) is 18.9 Å². The monoisotopic (exact) mass is 259 g/mol. The summed E-state index contributed by atoms with van der Waals surface area (Å²) >= 11 is 0. The number of ether oxygens (including phenoxy) is 1. The van der Waals surface area contributed by atoms with Crippen molar-refractivity contribution < 1.29 is 13.9 Å². The van der Waals surface area contributed by atoms with Crippen LogP contribution in [0.2, 0.25) is 0 Å². The minimum atomic E-state index is -0.352. The van der Waals surface area contributed by atoms with Crippen LogP contribution >= 0.6 is 0 Å². The van der Waals surface area contributed by atoms with E-state index in [4.69, 9.17) is 4.42 Å². The fraction of sp³-hybridized carbons (Fsp3) is 0.333. The second-order valence-corrected chi connectivity index (χ2v) is 5.35. The van der Waals surface area contributed by atoms with Crippen LogP contribution < -0.4 is 0 Å². The topological polar surface area (TPSA) is 52.3 Å². The van der Waals surface area contributed by atoms with Gasteiger partial charge in [-0.2, -0.15) is 0 Å². The lowest BCUT2D eigenvalue weighted by molar-refractivity contribution is 0.0601. The summed E-state index contributed by atoms with van der Waals surface area (Å²) in [4.78, 5) is 15.6. The van der Waals surface area contributed by atoms with Crippen LogP contribution in [0.1, 0.15) is 36.9 Å². The number of esters is 1. The van der Waals surface area contributed by atoms with Crippen molar-refractivity contribution in [3.63, 3.8) is 0 Å². The zero-order valence-corrected chi connectivity index (χ0v) is 11.6. The predicted octanol–water partition coefficient (Wildman–Crippen LogP) is 3.43. The van der Waals surface area contributed by atoms with E-state index in [1.54, 1.807) is 30.5 Å². The molecule has 0 amide bonds. The summed E-state index contributed by atoms with van der Waals surface area (Å²) in [5.74, 6) is 1.04. The molecule has 0 fully saturated rings. The Morgan fingerprint density at radius 2 is 1.84 bits per heavy atom. The first-order valence-electron chi connectivity index (χ1n) is 6.07. The Balaban J connectivity index is 2.28. The van der Waals surface area contributed by atoms with Gasteiger partial charge in [-0.15, -0.1) is 0 Å². The van der Waals surface area contributed by atoms with E-state index in [1.165, 1.54) is 7.11 Å². The van der Waals surface area contributed by atoms with Gasteiger partial charge in [-0.05, 0) is 24.3 Å². The molecule has 0 atom stereocenters. The highest BCUT2D eigenvalue weighted by molar-refractivity contribution is 5.89. The quantitative estimate of drug-likeness (QED) is 0.775. The summed E-state index contributed by atoms with van der Waals surface area (Å²) in [6.07, 6.45) is 1.74. The van der Waals surface area contributed by atoms with Crippen LogP contribution in [0.4, 0.5) is 0 Å². The summed E-state index contributed by atoms with van der Waals surface area (Å²) in [5, 5.41) is 0. The molecule has 0 aliphatic rings. The Morgan fingerprint density at radius 1 is 1.21 bits per heavy atom. The van der Waals surface area contributed by atoms with Crippen molar-refractivity contribution in [1.29, 1.82) is 0 Å². The third-order valence-corrected chi connectivity index (χ3v) is 2.80. The van der Waals surface area contributed by atoms with Gasteiger partial charge in [-0.25, -0.2) is 9.78 Å². The standard InChI is InChI=1S/C15H17NO3/c1-15(2,3)12-9-16-13(19-12)10-5-7-11(8-6-10)14(17)18-4/h5-9H,1-4H3. The maximum absolute atomic E-state index is 11.3. The Labute approximate surface area is 112 Å². The summed E-state index contributed by atoms with van der Waals surface area (Å²) in [7, 11) is 1.36. The SMILES string of the molecule is COC(=O)c1ccc(-c2ncc(C(C)(C)C)o2)cc1. The van der Waals surface area contributed by atoms with Crippen molar-refractivity contribution in [2.24, 2.45) is 0 Å². The smallest absolute Gasteiger partial charge is 0.337 e. The largest absolute Gasteiger partial charge is 0.465 e. The molecule has 0 saturated heterocycles. The Hall–Kier alpha value is -2.10. The first-order valence-corrected chi connectivity index (χ1v) is 6.07. The lowest BCUT2D eigenvalue weighted by Gasteiger charge is -2.13. The zero-order chi connectivity index (χ0) is 14.0. The molecule has 4 nitrogen and oxygen atoms in total. The van der Waals surface area contributed by atoms with Gasteiger partial charge in [-0.1, -0.05) is 20.8 Å². The number of nitrogens with zero attached hydrogens (tertiary/aromatic N) is 1. The Kier molecular flexibility index (Phi) is 3.42. The van der Waals surface area contributed by atoms with Crippen LogP contribution in [0, 0.1) is 0 Å². The molecule has 0 saturated carbocycles. The first-order chi connectivity index (χ1) is 8.91. The number of hydrogen-bond acceptors (Lipinski definition) is 4. The summed E-state index contributed by atoms with van der Waals surface area (Å²) in [6, 6.07) is 6.99. The molecule has 0 bridgehead atoms. The Bertz CT molecular complexity index is 576. The third kappa shape index (κ3) is 2.84. The van der Waals surface area contributed by atoms with E-state index in [2.05, 4.69) is 30.5 Å². The molecule has 2 rings (SSSR count). The highest BCUT2D eigenvalue weighted by atomic mass is 16.5. The lowest BCUT2D eigenvalue weighted by Crippen LogP contribution is -2.09. The van der Waals surface area contributed by atoms with Gasteiger partial charge in [-0.3, -0.25) is 0 Å². The molecule has 0 N–H and O–H groups in total. The molecular formula is C15H17NO3. The molecule has 4 heteroatoms. The first kappa shape index (κ1) is 13.3. The second kappa shape index (κ2) is 4.88. The number of benzene rings is 1. The highest BCUT2D eigenvalue weighted by Crippen LogP contribution is 2.27. The maximum atomic E-state index is 11.3. The van der Waals surface area contributed by atoms with Gasteiger partial charge in [0.1, 0.15) is 5.76 Å². The van der Waals surface area contributed by atoms with Crippen molar-refractivity contribution in [2.45, 2.75) is 26.2 Å². The van der Waals surface area contributed by atoms with Gasteiger partial charge in [0, 0.05) is 11.0 Å². The van der Waals surface area contributed by atoms with E-state index in [-0.39, 0.29) is 11.4 Å². The van der Waals surface area contributed by atoms with Crippen LogP contribution in [0.5, 0.6) is 0 Å². The van der Waals surface area contributed by atoms with Crippen molar-refractivity contribution in [1.82, 2.24) is 4.98 Å². The van der Waals surface area contributed by atoms with E-state index in [1.807, 2.05) is 0 Å². The molecule has 0 unspecified atom stereocenters. The molecule has 0 aliphatic heterocycles. The molecule has 0 aliphatic carbocycles. The molecule has 0 radical (unpaired) electrons. The van der Waals surface area contributed by atoms with Crippen LogP contribution in [0.3, 0.4) is 0 Å². The molecule has 1 aromatic carbocycles. The molecule has 1 aromatic heterocycles. The van der Waals surface area contributed by atoms with Gasteiger partial charge in [0.25, 0.3) is 0 Å². The number of carbonyl (C=O) groups excluding carboxylic acids is 1. The summed E-state index contributed by atoms with van der Waals surface area (Å²) < 4.78 is 10.4. The van der Waals surface area contributed by atoms with Crippen molar-refractivity contribution >= 4 is 5.97 Å². The number of rotatable bonds is 2. The average molecular weight is 259 g/mol. The molecular weight excluding hydrogens is 242 g/mol. The van der Waals surface area contributed by atoms with Crippen molar-refractivity contribution in [3.8, 4) is 11.5 Å². The van der Waals surface area contributed by atoms with Gasteiger partial charge >= 0.3 is 5.97 Å². The number of carbonyl (C=O) groups is 1. The Morgan fingerprint density at radius 3 is 2.32 bits per heavy atom. The average Bonchev–Trinajstić information content (AvgIpc) is 2.87. The predicted molar refractivity (Wildman–Crippen MR) is 72.0 cm³/mol.